The number of pyridine rings is 2. The van der Waals surface area contributed by atoms with Gasteiger partial charge >= 0.3 is 0 Å². The molecule has 0 aliphatic carbocycles. The van der Waals surface area contributed by atoms with Gasteiger partial charge in [0.25, 0.3) is 5.91 Å². The lowest BCUT2D eigenvalue weighted by Gasteiger charge is -2.10. The molecule has 8 heteroatoms. The SMILES string of the molecule is Cc1noc(C)c1CSc1ncccc1C(=O)NCc1ccc(OC(C)C)nc1. The Kier molecular flexibility index (Phi) is 6.87. The van der Waals surface area contributed by atoms with Crippen LogP contribution in [0.1, 0.15) is 46.8 Å². The summed E-state index contributed by atoms with van der Waals surface area (Å²) in [6.45, 7) is 8.06. The van der Waals surface area contributed by atoms with Gasteiger partial charge in [0, 0.05) is 36.3 Å². The van der Waals surface area contributed by atoms with Crippen molar-refractivity contribution in [1.82, 2.24) is 20.4 Å². The van der Waals surface area contributed by atoms with E-state index < -0.39 is 0 Å². The number of ether oxygens (including phenoxy) is 1. The maximum Gasteiger partial charge on any atom is 0.254 e. The van der Waals surface area contributed by atoms with Crippen molar-refractivity contribution in [2.45, 2.75) is 51.1 Å². The summed E-state index contributed by atoms with van der Waals surface area (Å²) in [6.07, 6.45) is 3.46. The second-order valence-electron chi connectivity index (χ2n) is 6.80. The zero-order valence-electron chi connectivity index (χ0n) is 16.9. The van der Waals surface area contributed by atoms with E-state index in [0.717, 1.165) is 22.6 Å². The minimum Gasteiger partial charge on any atom is -0.475 e. The van der Waals surface area contributed by atoms with Crippen molar-refractivity contribution in [3.8, 4) is 5.88 Å². The zero-order valence-corrected chi connectivity index (χ0v) is 17.7. The van der Waals surface area contributed by atoms with Gasteiger partial charge in [0.05, 0.1) is 17.4 Å². The third kappa shape index (κ3) is 5.57. The standard InChI is InChI=1S/C21H24N4O3S/c1-13(2)27-19-8-7-16(10-23-19)11-24-20(26)17-6-5-9-22-21(17)29-12-18-14(3)25-28-15(18)4/h5-10,13H,11-12H2,1-4H3,(H,24,26). The van der Waals surface area contributed by atoms with E-state index in [2.05, 4.69) is 20.4 Å². The van der Waals surface area contributed by atoms with Crippen molar-refractivity contribution in [3.63, 3.8) is 0 Å². The van der Waals surface area contributed by atoms with Crippen LogP contribution in [0.15, 0.2) is 46.2 Å². The quantitative estimate of drug-likeness (QED) is 0.557. The first kappa shape index (κ1) is 20.9. The van der Waals surface area contributed by atoms with Crippen molar-refractivity contribution in [1.29, 1.82) is 0 Å². The summed E-state index contributed by atoms with van der Waals surface area (Å²) in [5.74, 6) is 1.82. The fraction of sp³-hybridized carbons (Fsp3) is 0.333. The number of thioether (sulfide) groups is 1. The van der Waals surface area contributed by atoms with Gasteiger partial charge in [0.2, 0.25) is 5.88 Å². The topological polar surface area (TPSA) is 90.1 Å². The third-order valence-electron chi connectivity index (χ3n) is 4.16. The van der Waals surface area contributed by atoms with E-state index in [0.29, 0.717) is 28.8 Å². The molecule has 152 valence electrons. The molecule has 0 saturated carbocycles. The summed E-state index contributed by atoms with van der Waals surface area (Å²) in [7, 11) is 0. The number of hydrogen-bond acceptors (Lipinski definition) is 7. The molecule has 0 aliphatic rings. The maximum atomic E-state index is 12.7. The van der Waals surface area contributed by atoms with E-state index in [1.165, 1.54) is 11.8 Å². The largest absolute Gasteiger partial charge is 0.475 e. The van der Waals surface area contributed by atoms with Crippen LogP contribution in [0.5, 0.6) is 5.88 Å². The summed E-state index contributed by atoms with van der Waals surface area (Å²) in [5, 5.41) is 7.57. The first-order valence-electron chi connectivity index (χ1n) is 9.33. The minimum absolute atomic E-state index is 0.0694. The summed E-state index contributed by atoms with van der Waals surface area (Å²) in [6, 6.07) is 7.22. The molecule has 3 aromatic heterocycles. The van der Waals surface area contributed by atoms with Gasteiger partial charge in [-0.05, 0) is 45.4 Å². The number of rotatable bonds is 8. The number of amides is 1. The van der Waals surface area contributed by atoms with Crippen molar-refractivity contribution in [2.24, 2.45) is 0 Å². The Morgan fingerprint density at radius 2 is 2.07 bits per heavy atom. The predicted molar refractivity (Wildman–Crippen MR) is 111 cm³/mol. The Morgan fingerprint density at radius 1 is 1.24 bits per heavy atom. The molecule has 1 amide bonds. The summed E-state index contributed by atoms with van der Waals surface area (Å²) >= 11 is 1.49. The van der Waals surface area contributed by atoms with E-state index in [9.17, 15) is 4.79 Å². The Bertz CT molecular complexity index is 951. The number of nitrogens with one attached hydrogen (secondary N) is 1. The zero-order chi connectivity index (χ0) is 20.8. The van der Waals surface area contributed by atoms with Crippen LogP contribution in [0.3, 0.4) is 0 Å². The second-order valence-corrected chi connectivity index (χ2v) is 7.77. The van der Waals surface area contributed by atoms with Crippen LogP contribution in [-0.4, -0.2) is 27.1 Å². The Balaban J connectivity index is 1.62. The van der Waals surface area contributed by atoms with Crippen LogP contribution in [0.4, 0.5) is 0 Å². The molecule has 0 aliphatic heterocycles. The van der Waals surface area contributed by atoms with Crippen LogP contribution in [-0.2, 0) is 12.3 Å². The molecule has 0 fully saturated rings. The Hall–Kier alpha value is -2.87. The van der Waals surface area contributed by atoms with E-state index in [1.807, 2.05) is 33.8 Å². The average molecular weight is 413 g/mol. The molecule has 0 spiro atoms. The first-order chi connectivity index (χ1) is 13.9. The maximum absolute atomic E-state index is 12.7. The number of hydrogen-bond donors (Lipinski definition) is 1. The van der Waals surface area contributed by atoms with Gasteiger partial charge in [0.15, 0.2) is 0 Å². The van der Waals surface area contributed by atoms with Crippen molar-refractivity contribution in [3.05, 3.63) is 64.8 Å². The first-order valence-corrected chi connectivity index (χ1v) is 10.3. The summed E-state index contributed by atoms with van der Waals surface area (Å²) in [4.78, 5) is 21.3. The molecular weight excluding hydrogens is 388 g/mol. The number of nitrogens with zero attached hydrogens (tertiary/aromatic N) is 3. The number of carbonyl (C=O) groups is 1. The molecule has 0 bridgehead atoms. The van der Waals surface area contributed by atoms with Crippen LogP contribution in [0.2, 0.25) is 0 Å². The van der Waals surface area contributed by atoms with E-state index >= 15 is 0 Å². The Morgan fingerprint density at radius 3 is 2.72 bits per heavy atom. The lowest BCUT2D eigenvalue weighted by molar-refractivity contribution is 0.0947. The number of aromatic nitrogens is 3. The molecule has 0 unspecified atom stereocenters. The molecule has 3 rings (SSSR count). The van der Waals surface area contributed by atoms with Gasteiger partial charge in [-0.1, -0.05) is 11.2 Å². The fourth-order valence-electron chi connectivity index (χ4n) is 2.63. The highest BCUT2D eigenvalue weighted by atomic mass is 32.2. The van der Waals surface area contributed by atoms with E-state index in [4.69, 9.17) is 9.26 Å². The summed E-state index contributed by atoms with van der Waals surface area (Å²) in [5.41, 5.74) is 3.32. The normalized spacial score (nSPS) is 10.9. The van der Waals surface area contributed by atoms with Crippen LogP contribution >= 0.6 is 11.8 Å². The average Bonchev–Trinajstić information content (AvgIpc) is 3.03. The molecule has 3 aromatic rings. The third-order valence-corrected chi connectivity index (χ3v) is 5.19. The van der Waals surface area contributed by atoms with Crippen molar-refractivity contribution in [2.75, 3.05) is 0 Å². The molecule has 0 radical (unpaired) electrons. The van der Waals surface area contributed by atoms with Crippen LogP contribution in [0.25, 0.3) is 0 Å². The van der Waals surface area contributed by atoms with Gasteiger partial charge < -0.3 is 14.6 Å². The lowest BCUT2D eigenvalue weighted by Crippen LogP contribution is -2.23. The molecule has 1 N–H and O–H groups in total. The van der Waals surface area contributed by atoms with Crippen molar-refractivity contribution >= 4 is 17.7 Å². The molecule has 0 aromatic carbocycles. The molecule has 0 saturated heterocycles. The van der Waals surface area contributed by atoms with Gasteiger partial charge in [-0.25, -0.2) is 9.97 Å². The van der Waals surface area contributed by atoms with Gasteiger partial charge in [-0.2, -0.15) is 0 Å². The van der Waals surface area contributed by atoms with Gasteiger partial charge in [-0.15, -0.1) is 11.8 Å². The lowest BCUT2D eigenvalue weighted by atomic mass is 10.2. The van der Waals surface area contributed by atoms with Crippen molar-refractivity contribution < 1.29 is 14.1 Å². The molecule has 29 heavy (non-hydrogen) atoms. The van der Waals surface area contributed by atoms with Crippen LogP contribution in [0, 0.1) is 13.8 Å². The van der Waals surface area contributed by atoms with E-state index in [-0.39, 0.29) is 12.0 Å². The summed E-state index contributed by atoms with van der Waals surface area (Å²) < 4.78 is 10.7. The Labute approximate surface area is 174 Å². The second kappa shape index (κ2) is 9.56. The monoisotopic (exact) mass is 412 g/mol. The minimum atomic E-state index is -0.179. The van der Waals surface area contributed by atoms with Gasteiger partial charge in [-0.3, -0.25) is 4.79 Å². The molecular formula is C21H24N4O3S. The number of carbonyl (C=O) groups excluding carboxylic acids is 1. The highest BCUT2D eigenvalue weighted by Crippen LogP contribution is 2.27. The van der Waals surface area contributed by atoms with Gasteiger partial charge in [0.1, 0.15) is 10.8 Å². The molecule has 3 heterocycles. The smallest absolute Gasteiger partial charge is 0.254 e. The highest BCUT2D eigenvalue weighted by Gasteiger charge is 2.15. The van der Waals surface area contributed by atoms with E-state index in [1.54, 1.807) is 30.6 Å². The van der Waals surface area contributed by atoms with Crippen LogP contribution < -0.4 is 10.1 Å². The number of aryl methyl sites for hydroxylation is 2. The molecule has 0 atom stereocenters. The highest BCUT2D eigenvalue weighted by molar-refractivity contribution is 7.98. The molecule has 7 nitrogen and oxygen atoms in total. The predicted octanol–water partition coefficient (Wildman–Crippen LogP) is 4.09. The fourth-order valence-corrected chi connectivity index (χ4v) is 3.78.